The van der Waals surface area contributed by atoms with Crippen LogP contribution in [0.1, 0.15) is 6.92 Å². The highest BCUT2D eigenvalue weighted by molar-refractivity contribution is 5.80. The first kappa shape index (κ1) is 6.07. The zero-order chi connectivity index (χ0) is 6.69. The molecular weight excluding hydrogens is 118 g/mol. The van der Waals surface area contributed by atoms with E-state index >= 15 is 0 Å². The standard InChI is InChI=1S/C5H9N3O/c1-4-3-6-8-5(7-4)9-2/h3-4H,1-2H3,(H,7,8)/t4-/m0/s1. The average molecular weight is 127 g/mol. The number of nitrogens with zero attached hydrogens (tertiary/aromatic N) is 2. The number of hydrazone groups is 1. The second kappa shape index (κ2) is 2.48. The van der Waals surface area contributed by atoms with Crippen LogP contribution in [0.15, 0.2) is 10.1 Å². The summed E-state index contributed by atoms with van der Waals surface area (Å²) in [7, 11) is 1.55. The highest BCUT2D eigenvalue weighted by Crippen LogP contribution is 1.90. The molecule has 1 N–H and O–H groups in total. The molecule has 0 aliphatic carbocycles. The van der Waals surface area contributed by atoms with Crippen molar-refractivity contribution in [3.63, 3.8) is 0 Å². The summed E-state index contributed by atoms with van der Waals surface area (Å²) >= 11 is 0. The summed E-state index contributed by atoms with van der Waals surface area (Å²) in [5.41, 5.74) is 2.60. The second-order valence-electron chi connectivity index (χ2n) is 1.77. The lowest BCUT2D eigenvalue weighted by molar-refractivity contribution is 0.376. The molecule has 0 saturated carbocycles. The van der Waals surface area contributed by atoms with Gasteiger partial charge in [-0.3, -0.25) is 0 Å². The van der Waals surface area contributed by atoms with Gasteiger partial charge in [0.1, 0.15) is 0 Å². The molecule has 0 aromatic rings. The van der Waals surface area contributed by atoms with Crippen LogP contribution in [0.25, 0.3) is 0 Å². The minimum absolute atomic E-state index is 0.126. The average Bonchev–Trinajstić information content (AvgIpc) is 1.88. The number of hydrogen-bond acceptors (Lipinski definition) is 4. The third kappa shape index (κ3) is 1.42. The predicted molar refractivity (Wildman–Crippen MR) is 35.5 cm³/mol. The Bertz CT molecular complexity index is 152. The molecule has 0 aromatic heterocycles. The van der Waals surface area contributed by atoms with Crippen LogP contribution in [0, 0.1) is 0 Å². The van der Waals surface area contributed by atoms with E-state index in [1.165, 1.54) is 0 Å². The van der Waals surface area contributed by atoms with Gasteiger partial charge in [0, 0.05) is 6.21 Å². The summed E-state index contributed by atoms with van der Waals surface area (Å²) in [6, 6.07) is 0.603. The Morgan fingerprint density at radius 1 is 1.78 bits per heavy atom. The molecule has 1 rings (SSSR count). The molecule has 0 amide bonds. The van der Waals surface area contributed by atoms with Gasteiger partial charge in [-0.05, 0) is 6.92 Å². The Morgan fingerprint density at radius 3 is 3.00 bits per heavy atom. The monoisotopic (exact) mass is 127 g/mol. The molecule has 1 aliphatic heterocycles. The van der Waals surface area contributed by atoms with Crippen molar-refractivity contribution in [2.24, 2.45) is 10.1 Å². The van der Waals surface area contributed by atoms with Gasteiger partial charge in [-0.2, -0.15) is 5.10 Å². The normalized spacial score (nSPS) is 24.7. The fraction of sp³-hybridized carbons (Fsp3) is 0.600. The lowest BCUT2D eigenvalue weighted by Crippen LogP contribution is -2.26. The summed E-state index contributed by atoms with van der Waals surface area (Å²) in [4.78, 5) is 4.03. The lowest BCUT2D eigenvalue weighted by atomic mass is 10.4. The minimum atomic E-state index is 0.126. The van der Waals surface area contributed by atoms with E-state index in [9.17, 15) is 0 Å². The van der Waals surface area contributed by atoms with Gasteiger partial charge < -0.3 is 4.74 Å². The van der Waals surface area contributed by atoms with Crippen LogP contribution < -0.4 is 5.43 Å². The first-order valence-electron chi connectivity index (χ1n) is 2.74. The van der Waals surface area contributed by atoms with Crippen LogP contribution in [0.3, 0.4) is 0 Å². The maximum atomic E-state index is 4.79. The van der Waals surface area contributed by atoms with Crippen molar-refractivity contribution in [1.29, 1.82) is 0 Å². The van der Waals surface area contributed by atoms with Gasteiger partial charge in [0.25, 0.3) is 0 Å². The van der Waals surface area contributed by atoms with E-state index in [0.29, 0.717) is 6.02 Å². The molecule has 0 radical (unpaired) electrons. The van der Waals surface area contributed by atoms with Crippen molar-refractivity contribution >= 4 is 12.2 Å². The third-order valence-corrected chi connectivity index (χ3v) is 0.965. The van der Waals surface area contributed by atoms with Crippen LogP contribution in [0.2, 0.25) is 0 Å². The van der Waals surface area contributed by atoms with Crippen molar-refractivity contribution < 1.29 is 4.74 Å². The predicted octanol–water partition coefficient (Wildman–Crippen LogP) is -0.0337. The SMILES string of the molecule is COC1=N[C@@H](C)C=NN1. The smallest absolute Gasteiger partial charge is 0.306 e. The van der Waals surface area contributed by atoms with Crippen molar-refractivity contribution in [3.8, 4) is 0 Å². The molecule has 4 nitrogen and oxygen atoms in total. The topological polar surface area (TPSA) is 46.0 Å². The van der Waals surface area contributed by atoms with Crippen molar-refractivity contribution in [2.45, 2.75) is 13.0 Å². The molecule has 0 aromatic carbocycles. The number of ether oxygens (including phenoxy) is 1. The van der Waals surface area contributed by atoms with Crippen molar-refractivity contribution in [3.05, 3.63) is 0 Å². The van der Waals surface area contributed by atoms with E-state index in [2.05, 4.69) is 15.5 Å². The van der Waals surface area contributed by atoms with E-state index in [1.54, 1.807) is 13.3 Å². The molecule has 4 heteroatoms. The van der Waals surface area contributed by atoms with Crippen LogP contribution in [-0.2, 0) is 4.74 Å². The molecule has 1 atom stereocenters. The number of methoxy groups -OCH3 is 1. The Kier molecular flexibility index (Phi) is 1.67. The van der Waals surface area contributed by atoms with Gasteiger partial charge >= 0.3 is 6.02 Å². The van der Waals surface area contributed by atoms with Crippen LogP contribution >= 0.6 is 0 Å². The maximum absolute atomic E-state index is 4.79. The Labute approximate surface area is 53.6 Å². The zero-order valence-electron chi connectivity index (χ0n) is 5.46. The molecule has 0 saturated heterocycles. The Hall–Kier alpha value is -1.06. The van der Waals surface area contributed by atoms with Crippen molar-refractivity contribution in [1.82, 2.24) is 5.43 Å². The van der Waals surface area contributed by atoms with Gasteiger partial charge in [-0.25, -0.2) is 10.4 Å². The summed E-state index contributed by atoms with van der Waals surface area (Å²) in [5.74, 6) is 0. The fourth-order valence-corrected chi connectivity index (χ4v) is 0.546. The molecular formula is C5H9N3O. The number of nitrogens with one attached hydrogen (secondary N) is 1. The first-order chi connectivity index (χ1) is 4.33. The Balaban J connectivity index is 2.55. The van der Waals surface area contributed by atoms with Gasteiger partial charge in [0.15, 0.2) is 0 Å². The summed E-state index contributed by atoms with van der Waals surface area (Å²) in [6.07, 6.45) is 1.71. The van der Waals surface area contributed by atoms with Crippen LogP contribution in [0.4, 0.5) is 0 Å². The van der Waals surface area contributed by atoms with Gasteiger partial charge in [0.05, 0.1) is 13.2 Å². The number of aliphatic imine (C=N–C) groups is 1. The molecule has 1 heterocycles. The van der Waals surface area contributed by atoms with Crippen LogP contribution in [0.5, 0.6) is 0 Å². The first-order valence-corrected chi connectivity index (χ1v) is 2.74. The fourth-order valence-electron chi connectivity index (χ4n) is 0.546. The molecule has 9 heavy (non-hydrogen) atoms. The lowest BCUT2D eigenvalue weighted by Gasteiger charge is -2.09. The summed E-state index contributed by atoms with van der Waals surface area (Å²) in [6.45, 7) is 1.93. The second-order valence-corrected chi connectivity index (χ2v) is 1.77. The number of amidine groups is 1. The van der Waals surface area contributed by atoms with Crippen molar-refractivity contribution in [2.75, 3.05) is 7.11 Å². The molecule has 0 fully saturated rings. The summed E-state index contributed by atoms with van der Waals surface area (Å²) in [5, 5.41) is 3.78. The van der Waals surface area contributed by atoms with Gasteiger partial charge in [-0.15, -0.1) is 0 Å². The molecule has 0 spiro atoms. The van der Waals surface area contributed by atoms with Gasteiger partial charge in [-0.1, -0.05) is 0 Å². The number of hydrogen-bond donors (Lipinski definition) is 1. The maximum Gasteiger partial charge on any atom is 0.306 e. The highest BCUT2D eigenvalue weighted by atomic mass is 16.5. The largest absolute Gasteiger partial charge is 0.467 e. The highest BCUT2D eigenvalue weighted by Gasteiger charge is 2.03. The number of rotatable bonds is 0. The van der Waals surface area contributed by atoms with Crippen LogP contribution in [-0.4, -0.2) is 25.4 Å². The van der Waals surface area contributed by atoms with E-state index in [1.807, 2.05) is 6.92 Å². The minimum Gasteiger partial charge on any atom is -0.467 e. The van der Waals surface area contributed by atoms with E-state index in [-0.39, 0.29) is 6.04 Å². The molecule has 1 aliphatic rings. The summed E-state index contributed by atoms with van der Waals surface area (Å²) < 4.78 is 4.79. The third-order valence-electron chi connectivity index (χ3n) is 0.965. The van der Waals surface area contributed by atoms with E-state index < -0.39 is 0 Å². The molecule has 0 bridgehead atoms. The zero-order valence-corrected chi connectivity index (χ0v) is 5.46. The Morgan fingerprint density at radius 2 is 2.56 bits per heavy atom. The molecule has 0 unspecified atom stereocenters. The van der Waals surface area contributed by atoms with E-state index in [4.69, 9.17) is 4.74 Å². The molecule has 50 valence electrons. The van der Waals surface area contributed by atoms with Gasteiger partial charge in [0.2, 0.25) is 0 Å². The van der Waals surface area contributed by atoms with E-state index in [0.717, 1.165) is 0 Å². The quantitative estimate of drug-likeness (QED) is 0.496.